The van der Waals surface area contributed by atoms with Gasteiger partial charge in [-0.2, -0.15) is 0 Å². The molecule has 3 saturated carbocycles. The van der Waals surface area contributed by atoms with Crippen molar-refractivity contribution in [3.63, 3.8) is 0 Å². The van der Waals surface area contributed by atoms with Gasteiger partial charge in [-0.3, -0.25) is 4.79 Å². The summed E-state index contributed by atoms with van der Waals surface area (Å²) in [7, 11) is 1.87. The number of methoxy groups -OCH3 is 1. The molecule has 4 aliphatic rings. The molecule has 5 unspecified atom stereocenters. The van der Waals surface area contributed by atoms with Gasteiger partial charge in [-0.1, -0.05) is 31.6 Å². The number of carbonyl (C=O) groups is 1. The van der Waals surface area contributed by atoms with Crippen LogP contribution in [0.25, 0.3) is 0 Å². The summed E-state index contributed by atoms with van der Waals surface area (Å²) in [6, 6.07) is 0. The maximum Gasteiger partial charge on any atom is 0.136 e. The number of fused-ring (bicyclic) bond motifs is 5. The van der Waals surface area contributed by atoms with E-state index < -0.39 is 0 Å². The Hall–Kier alpha value is -0.890. The standard InChI is InChI=1S/C25H38O2/c1-6-12-25(17(2)26)15-11-22-20-8-7-18-16-19(27-5)9-13-23(18,3)21(20)10-14-24(22,25)4/h6-7,19-22H,1,8-16H2,2-5H3/t19?,20?,21?,22?,23-,24?,25+/m0/s1. The SMILES string of the molecule is C=CC[C@]1(C(C)=O)CCC2C3CC=C4CC(OC)CC[C@]4(C)C3CCC21C. The van der Waals surface area contributed by atoms with Crippen molar-refractivity contribution >= 4 is 5.78 Å². The summed E-state index contributed by atoms with van der Waals surface area (Å²) in [6.45, 7) is 10.8. The van der Waals surface area contributed by atoms with E-state index in [1.807, 2.05) is 20.1 Å². The van der Waals surface area contributed by atoms with Crippen molar-refractivity contribution in [1.29, 1.82) is 0 Å². The Kier molecular flexibility index (Phi) is 4.73. The Labute approximate surface area is 165 Å². The van der Waals surface area contributed by atoms with Crippen LogP contribution in [0.1, 0.15) is 78.6 Å². The lowest BCUT2D eigenvalue weighted by molar-refractivity contribution is -0.140. The van der Waals surface area contributed by atoms with Crippen molar-refractivity contribution in [3.8, 4) is 0 Å². The summed E-state index contributed by atoms with van der Waals surface area (Å²) in [5, 5.41) is 0. The molecule has 0 radical (unpaired) electrons. The van der Waals surface area contributed by atoms with Crippen LogP contribution in [0.15, 0.2) is 24.3 Å². The third-order valence-corrected chi connectivity index (χ3v) is 9.92. The second-order valence-electron chi connectivity index (χ2n) is 10.5. The lowest BCUT2D eigenvalue weighted by atomic mass is 9.45. The van der Waals surface area contributed by atoms with Gasteiger partial charge in [0, 0.05) is 12.5 Å². The van der Waals surface area contributed by atoms with Gasteiger partial charge in [-0.15, -0.1) is 6.58 Å². The van der Waals surface area contributed by atoms with Gasteiger partial charge in [-0.05, 0) is 93.3 Å². The molecule has 2 nitrogen and oxygen atoms in total. The quantitative estimate of drug-likeness (QED) is 0.558. The van der Waals surface area contributed by atoms with Crippen LogP contribution < -0.4 is 0 Å². The number of ketones is 1. The molecule has 0 aliphatic heterocycles. The average molecular weight is 371 g/mol. The van der Waals surface area contributed by atoms with Crippen LogP contribution in [0.5, 0.6) is 0 Å². The molecule has 0 aromatic heterocycles. The van der Waals surface area contributed by atoms with Gasteiger partial charge in [0.15, 0.2) is 0 Å². The van der Waals surface area contributed by atoms with Gasteiger partial charge >= 0.3 is 0 Å². The van der Waals surface area contributed by atoms with Crippen LogP contribution in [0.4, 0.5) is 0 Å². The number of hydrogen-bond acceptors (Lipinski definition) is 2. The zero-order valence-corrected chi connectivity index (χ0v) is 17.9. The van der Waals surface area contributed by atoms with Crippen molar-refractivity contribution in [2.45, 2.75) is 84.7 Å². The van der Waals surface area contributed by atoms with E-state index in [0.717, 1.165) is 31.1 Å². The first kappa shape index (κ1) is 19.4. The average Bonchev–Trinajstić information content (AvgIpc) is 2.95. The molecule has 0 N–H and O–H groups in total. The zero-order valence-electron chi connectivity index (χ0n) is 17.9. The van der Waals surface area contributed by atoms with Crippen LogP contribution in [0, 0.1) is 34.0 Å². The molecular formula is C25H38O2. The highest BCUT2D eigenvalue weighted by molar-refractivity contribution is 5.84. The monoisotopic (exact) mass is 370 g/mol. The molecule has 0 spiro atoms. The highest BCUT2D eigenvalue weighted by Crippen LogP contribution is 2.70. The van der Waals surface area contributed by atoms with Gasteiger partial charge < -0.3 is 4.74 Å². The Bertz CT molecular complexity index is 663. The molecule has 7 atom stereocenters. The lowest BCUT2D eigenvalue weighted by Gasteiger charge is -2.59. The van der Waals surface area contributed by atoms with Crippen molar-refractivity contribution < 1.29 is 9.53 Å². The van der Waals surface area contributed by atoms with Crippen molar-refractivity contribution in [2.24, 2.45) is 34.0 Å². The normalized spacial score (nSPS) is 48.8. The molecule has 4 aliphatic carbocycles. The number of ether oxygens (including phenoxy) is 1. The van der Waals surface area contributed by atoms with E-state index in [1.165, 1.54) is 38.5 Å². The van der Waals surface area contributed by atoms with Crippen LogP contribution in [-0.4, -0.2) is 19.0 Å². The summed E-state index contributed by atoms with van der Waals surface area (Å²) < 4.78 is 5.70. The Balaban J connectivity index is 1.67. The first-order valence-electron chi connectivity index (χ1n) is 11.2. The van der Waals surface area contributed by atoms with E-state index in [0.29, 0.717) is 23.2 Å². The predicted molar refractivity (Wildman–Crippen MR) is 110 cm³/mol. The van der Waals surface area contributed by atoms with Gasteiger partial charge in [0.2, 0.25) is 0 Å². The third kappa shape index (κ3) is 2.51. The molecule has 0 saturated heterocycles. The second-order valence-corrected chi connectivity index (χ2v) is 10.5. The fourth-order valence-electron chi connectivity index (χ4n) is 8.27. The molecule has 27 heavy (non-hydrogen) atoms. The summed E-state index contributed by atoms with van der Waals surface area (Å²) in [5.74, 6) is 2.64. The number of hydrogen-bond donors (Lipinski definition) is 0. The lowest BCUT2D eigenvalue weighted by Crippen LogP contribution is -2.53. The van der Waals surface area contributed by atoms with E-state index in [4.69, 9.17) is 4.74 Å². The van der Waals surface area contributed by atoms with Crippen molar-refractivity contribution in [1.82, 2.24) is 0 Å². The summed E-state index contributed by atoms with van der Waals surface area (Å²) in [5.41, 5.74) is 2.02. The number of allylic oxidation sites excluding steroid dienone is 2. The van der Waals surface area contributed by atoms with Gasteiger partial charge in [-0.25, -0.2) is 0 Å². The maximum absolute atomic E-state index is 12.9. The second kappa shape index (κ2) is 6.58. The van der Waals surface area contributed by atoms with E-state index in [1.54, 1.807) is 5.57 Å². The fraction of sp³-hybridized carbons (Fsp3) is 0.800. The fourth-order valence-corrected chi connectivity index (χ4v) is 8.27. The van der Waals surface area contributed by atoms with E-state index in [9.17, 15) is 4.79 Å². The minimum Gasteiger partial charge on any atom is -0.381 e. The Morgan fingerprint density at radius 2 is 1.96 bits per heavy atom. The molecule has 0 bridgehead atoms. The van der Waals surface area contributed by atoms with E-state index in [-0.39, 0.29) is 10.8 Å². The van der Waals surface area contributed by atoms with Crippen molar-refractivity contribution in [2.75, 3.05) is 7.11 Å². The van der Waals surface area contributed by atoms with Gasteiger partial charge in [0.25, 0.3) is 0 Å². The van der Waals surface area contributed by atoms with Crippen LogP contribution in [-0.2, 0) is 9.53 Å². The molecule has 3 fully saturated rings. The van der Waals surface area contributed by atoms with E-state index >= 15 is 0 Å². The summed E-state index contributed by atoms with van der Waals surface area (Å²) in [4.78, 5) is 12.9. The van der Waals surface area contributed by atoms with Crippen LogP contribution >= 0.6 is 0 Å². The van der Waals surface area contributed by atoms with Crippen molar-refractivity contribution in [3.05, 3.63) is 24.3 Å². The molecule has 150 valence electrons. The third-order valence-electron chi connectivity index (χ3n) is 9.92. The van der Waals surface area contributed by atoms with Crippen LogP contribution in [0.2, 0.25) is 0 Å². The number of carbonyl (C=O) groups excluding carboxylic acids is 1. The minimum absolute atomic E-state index is 0.152. The first-order chi connectivity index (χ1) is 12.8. The number of Topliss-reactive ketones (excluding diaryl/α,β-unsaturated/α-hetero) is 1. The molecule has 0 amide bonds. The molecular weight excluding hydrogens is 332 g/mol. The molecule has 0 aromatic carbocycles. The molecule has 2 heteroatoms. The highest BCUT2D eigenvalue weighted by Gasteiger charge is 2.64. The Morgan fingerprint density at radius 3 is 2.63 bits per heavy atom. The highest BCUT2D eigenvalue weighted by atomic mass is 16.5. The maximum atomic E-state index is 12.9. The predicted octanol–water partition coefficient (Wildman–Crippen LogP) is 6.12. The topological polar surface area (TPSA) is 26.3 Å². The Morgan fingerprint density at radius 1 is 1.22 bits per heavy atom. The molecule has 0 aromatic rings. The smallest absolute Gasteiger partial charge is 0.136 e. The van der Waals surface area contributed by atoms with E-state index in [2.05, 4.69) is 26.5 Å². The minimum atomic E-state index is -0.164. The largest absolute Gasteiger partial charge is 0.381 e. The van der Waals surface area contributed by atoms with Crippen LogP contribution in [0.3, 0.4) is 0 Å². The summed E-state index contributed by atoms with van der Waals surface area (Å²) in [6.07, 6.45) is 15.5. The first-order valence-corrected chi connectivity index (χ1v) is 11.2. The summed E-state index contributed by atoms with van der Waals surface area (Å²) >= 11 is 0. The number of rotatable bonds is 4. The zero-order chi connectivity index (χ0) is 19.4. The van der Waals surface area contributed by atoms with Gasteiger partial charge in [0.05, 0.1) is 6.10 Å². The molecule has 0 heterocycles. The van der Waals surface area contributed by atoms with Gasteiger partial charge in [0.1, 0.15) is 5.78 Å². The molecule has 4 rings (SSSR count).